The molecule has 10 heteroatoms. The molecule has 6 aromatic rings. The van der Waals surface area contributed by atoms with E-state index in [1.807, 2.05) is 72.8 Å². The van der Waals surface area contributed by atoms with Crippen LogP contribution in [0.5, 0.6) is 0 Å². The van der Waals surface area contributed by atoms with Gasteiger partial charge >= 0.3 is 0 Å². The Hall–Kier alpha value is -4.76. The summed E-state index contributed by atoms with van der Waals surface area (Å²) < 4.78 is 1.77. The highest BCUT2D eigenvalue weighted by atomic mass is 35.5. The number of nitrogens with zero attached hydrogens (tertiary/aromatic N) is 3. The fourth-order valence-corrected chi connectivity index (χ4v) is 6.14. The molecule has 0 aliphatic rings. The van der Waals surface area contributed by atoms with Gasteiger partial charge in [0.05, 0.1) is 36.9 Å². The normalized spacial score (nSPS) is 11.6. The van der Waals surface area contributed by atoms with Crippen LogP contribution in [-0.4, -0.2) is 39.7 Å². The maximum atomic E-state index is 13.5. The van der Waals surface area contributed by atoms with Crippen LogP contribution in [0.25, 0.3) is 38.6 Å². The minimum atomic E-state index is -0.755. The summed E-state index contributed by atoms with van der Waals surface area (Å²) >= 11 is 13.8. The van der Waals surface area contributed by atoms with Gasteiger partial charge in [-0.2, -0.15) is 5.10 Å². The Morgan fingerprint density at radius 1 is 0.844 bits per heavy atom. The molecule has 45 heavy (non-hydrogen) atoms. The summed E-state index contributed by atoms with van der Waals surface area (Å²) in [5, 5.41) is 11.3. The first kappa shape index (κ1) is 30.3. The van der Waals surface area contributed by atoms with Gasteiger partial charge in [0.2, 0.25) is 5.91 Å². The number of pyridine rings is 1. The van der Waals surface area contributed by atoms with Crippen LogP contribution in [0.3, 0.4) is 0 Å². The molecule has 0 saturated carbocycles. The van der Waals surface area contributed by atoms with Crippen LogP contribution in [0, 0.1) is 0 Å². The van der Waals surface area contributed by atoms with Gasteiger partial charge in [-0.05, 0) is 65.2 Å². The van der Waals surface area contributed by atoms with Gasteiger partial charge in [0.1, 0.15) is 6.04 Å². The zero-order valence-electron chi connectivity index (χ0n) is 24.1. The van der Waals surface area contributed by atoms with E-state index >= 15 is 0 Å². The lowest BCUT2D eigenvalue weighted by atomic mass is 10.0. The first-order valence-corrected chi connectivity index (χ1v) is 15.7. The molecule has 0 radical (unpaired) electrons. The van der Waals surface area contributed by atoms with Crippen LogP contribution in [0.15, 0.2) is 116 Å². The fourth-order valence-electron chi connectivity index (χ4n) is 4.94. The molecule has 0 spiro atoms. The highest BCUT2D eigenvalue weighted by Gasteiger charge is 2.23. The molecular formula is C35H27Cl2N5O2S. The third-order valence-electron chi connectivity index (χ3n) is 7.27. The van der Waals surface area contributed by atoms with E-state index in [9.17, 15) is 9.59 Å². The summed E-state index contributed by atoms with van der Waals surface area (Å²) in [5.74, 6) is -0.611. The standard InChI is InChI=1S/C35H27Cl2N5O2S/c1-38-34(43)30(18-22-9-11-24(12-10-22)23-6-3-2-4-7-23)40-35(44)33-16-15-32(45-33)31-20-29(25-8-5-17-39-21-25)41-42(31)26-13-14-27(36)28(37)19-26/h2-17,19-21,30H,18H2,1H3,(H,38,43)(H,40,44)/t30-/m0/s1. The average Bonchev–Trinajstić information content (AvgIpc) is 3.75. The molecule has 0 aliphatic carbocycles. The van der Waals surface area contributed by atoms with Crippen molar-refractivity contribution in [2.24, 2.45) is 0 Å². The number of hydrogen-bond donors (Lipinski definition) is 2. The van der Waals surface area contributed by atoms with Crippen molar-refractivity contribution in [1.29, 1.82) is 0 Å². The largest absolute Gasteiger partial charge is 0.357 e. The van der Waals surface area contributed by atoms with Crippen molar-refractivity contribution in [1.82, 2.24) is 25.4 Å². The number of amides is 2. The maximum absolute atomic E-state index is 13.5. The lowest BCUT2D eigenvalue weighted by Crippen LogP contribution is -2.46. The monoisotopic (exact) mass is 651 g/mol. The summed E-state index contributed by atoms with van der Waals surface area (Å²) in [6.07, 6.45) is 3.79. The first-order valence-electron chi connectivity index (χ1n) is 14.1. The second kappa shape index (κ2) is 13.5. The zero-order valence-corrected chi connectivity index (χ0v) is 26.4. The van der Waals surface area contributed by atoms with Gasteiger partial charge < -0.3 is 10.6 Å². The third kappa shape index (κ3) is 6.83. The molecule has 0 aliphatic heterocycles. The Morgan fingerprint density at radius 2 is 1.60 bits per heavy atom. The summed E-state index contributed by atoms with van der Waals surface area (Å²) in [6.45, 7) is 0. The number of aromatic nitrogens is 3. The van der Waals surface area contributed by atoms with Gasteiger partial charge in [0, 0.05) is 31.4 Å². The van der Waals surface area contributed by atoms with Gasteiger partial charge in [0.15, 0.2) is 0 Å². The van der Waals surface area contributed by atoms with Crippen molar-refractivity contribution in [3.8, 4) is 38.6 Å². The van der Waals surface area contributed by atoms with Crippen molar-refractivity contribution < 1.29 is 9.59 Å². The van der Waals surface area contributed by atoms with Crippen LogP contribution in [0.4, 0.5) is 0 Å². The summed E-state index contributed by atoms with van der Waals surface area (Å²) in [4.78, 5) is 31.8. The van der Waals surface area contributed by atoms with Crippen molar-refractivity contribution in [2.45, 2.75) is 12.5 Å². The van der Waals surface area contributed by atoms with E-state index in [0.29, 0.717) is 32.7 Å². The number of likely N-dealkylation sites (N-methyl/N-ethyl adjacent to an activating group) is 1. The number of carbonyl (C=O) groups is 2. The Labute approximate surface area is 274 Å². The highest BCUT2D eigenvalue weighted by Crippen LogP contribution is 2.34. The fraction of sp³-hybridized carbons (Fsp3) is 0.0857. The first-order chi connectivity index (χ1) is 21.9. The molecule has 0 bridgehead atoms. The Balaban J connectivity index is 1.25. The number of nitrogens with one attached hydrogen (secondary N) is 2. The van der Waals surface area contributed by atoms with Crippen molar-refractivity contribution >= 4 is 46.4 Å². The molecule has 1 atom stereocenters. The molecule has 3 aromatic heterocycles. The molecule has 2 N–H and O–H groups in total. The molecule has 224 valence electrons. The summed E-state index contributed by atoms with van der Waals surface area (Å²) in [6, 6.07) is 32.0. The SMILES string of the molecule is CNC(=O)[C@H](Cc1ccc(-c2ccccc2)cc1)NC(=O)c1ccc(-c2cc(-c3cccnc3)nn2-c2ccc(Cl)c(Cl)c2)s1. The minimum absolute atomic E-state index is 0.272. The van der Waals surface area contributed by atoms with E-state index < -0.39 is 6.04 Å². The smallest absolute Gasteiger partial charge is 0.262 e. The molecule has 6 rings (SSSR count). The van der Waals surface area contributed by atoms with E-state index in [2.05, 4.69) is 27.8 Å². The Morgan fingerprint density at radius 3 is 2.31 bits per heavy atom. The Bertz CT molecular complexity index is 1960. The van der Waals surface area contributed by atoms with E-state index in [4.69, 9.17) is 28.3 Å². The summed E-state index contributed by atoms with van der Waals surface area (Å²) in [5.41, 5.74) is 6.16. The van der Waals surface area contributed by atoms with Crippen molar-refractivity contribution in [3.05, 3.63) is 136 Å². The number of benzene rings is 3. The van der Waals surface area contributed by atoms with Gasteiger partial charge in [-0.1, -0.05) is 77.8 Å². The van der Waals surface area contributed by atoms with E-state index in [1.165, 1.54) is 11.3 Å². The highest BCUT2D eigenvalue weighted by molar-refractivity contribution is 7.17. The van der Waals surface area contributed by atoms with Crippen LogP contribution >= 0.6 is 34.5 Å². The summed E-state index contributed by atoms with van der Waals surface area (Å²) in [7, 11) is 1.56. The molecule has 3 aromatic carbocycles. The predicted molar refractivity (Wildman–Crippen MR) is 181 cm³/mol. The van der Waals surface area contributed by atoms with Crippen LogP contribution < -0.4 is 10.6 Å². The Kier molecular flexibility index (Phi) is 9.07. The quantitative estimate of drug-likeness (QED) is 0.167. The topological polar surface area (TPSA) is 88.9 Å². The minimum Gasteiger partial charge on any atom is -0.357 e. The molecule has 0 unspecified atom stereocenters. The molecule has 7 nitrogen and oxygen atoms in total. The lowest BCUT2D eigenvalue weighted by Gasteiger charge is -2.17. The van der Waals surface area contributed by atoms with Crippen LogP contribution in [-0.2, 0) is 11.2 Å². The number of thiophene rings is 1. The number of rotatable bonds is 9. The third-order valence-corrected chi connectivity index (χ3v) is 9.11. The average molecular weight is 653 g/mol. The van der Waals surface area contributed by atoms with Gasteiger partial charge in [-0.3, -0.25) is 14.6 Å². The maximum Gasteiger partial charge on any atom is 0.262 e. The number of hydrogen-bond acceptors (Lipinski definition) is 5. The van der Waals surface area contributed by atoms with Gasteiger partial charge in [-0.15, -0.1) is 11.3 Å². The molecule has 0 saturated heterocycles. The van der Waals surface area contributed by atoms with Crippen molar-refractivity contribution in [3.63, 3.8) is 0 Å². The molecular weight excluding hydrogens is 625 g/mol. The van der Waals surface area contributed by atoms with E-state index in [-0.39, 0.29) is 11.8 Å². The zero-order chi connectivity index (χ0) is 31.3. The second-order valence-corrected chi connectivity index (χ2v) is 12.1. The van der Waals surface area contributed by atoms with E-state index in [0.717, 1.165) is 32.8 Å². The van der Waals surface area contributed by atoms with E-state index in [1.54, 1.807) is 42.3 Å². The predicted octanol–water partition coefficient (Wildman–Crippen LogP) is 7.72. The lowest BCUT2D eigenvalue weighted by molar-refractivity contribution is -0.122. The number of halogens is 2. The second-order valence-electron chi connectivity index (χ2n) is 10.2. The van der Waals surface area contributed by atoms with Crippen LogP contribution in [0.2, 0.25) is 10.0 Å². The number of carbonyl (C=O) groups excluding carboxylic acids is 2. The van der Waals surface area contributed by atoms with Crippen molar-refractivity contribution in [2.75, 3.05) is 7.05 Å². The molecule has 3 heterocycles. The van der Waals surface area contributed by atoms with Crippen LogP contribution in [0.1, 0.15) is 15.2 Å². The molecule has 2 amide bonds. The van der Waals surface area contributed by atoms with Gasteiger partial charge in [0.25, 0.3) is 5.91 Å². The molecule has 0 fully saturated rings. The van der Waals surface area contributed by atoms with Gasteiger partial charge in [-0.25, -0.2) is 4.68 Å².